The fourth-order valence-electron chi connectivity index (χ4n) is 8.84. The zero-order chi connectivity index (χ0) is 57.8. The number of fused-ring (bicyclic) bond motifs is 2. The maximum absolute atomic E-state index is 11.8. The molecule has 82 heavy (non-hydrogen) atoms. The number of ether oxygens (including phenoxy) is 8. The Morgan fingerprint density at radius 2 is 0.780 bits per heavy atom. The van der Waals surface area contributed by atoms with Gasteiger partial charge in [0.15, 0.2) is 5.03 Å². The maximum atomic E-state index is 11.8. The molecule has 2 saturated heterocycles. The van der Waals surface area contributed by atoms with Gasteiger partial charge in [0.25, 0.3) is 10.1 Å². The highest BCUT2D eigenvalue weighted by molar-refractivity contribution is 7.86. The number of benzene rings is 2. The number of aromatic amines is 1. The van der Waals surface area contributed by atoms with Crippen LogP contribution >= 0.6 is 0 Å². The van der Waals surface area contributed by atoms with Crippen LogP contribution in [0, 0.1) is 0 Å². The number of aromatic nitrogens is 4. The number of para-hydroxylation sites is 2. The van der Waals surface area contributed by atoms with Crippen LogP contribution in [0.3, 0.4) is 0 Å². The number of nitrogens with one attached hydrogen (secondary N) is 1. The molecule has 6 heterocycles. The van der Waals surface area contributed by atoms with Crippen molar-refractivity contribution < 1.29 is 68.9 Å². The lowest BCUT2D eigenvalue weighted by molar-refractivity contribution is 0.00598. The number of phenolic OH excluding ortho intramolecular Hbond substituents is 1. The number of aromatic hydroxyl groups is 1. The zero-order valence-electron chi connectivity index (χ0n) is 46.1. The maximum Gasteiger partial charge on any atom is 0.312 e. The molecule has 0 aliphatic carbocycles. The summed E-state index contributed by atoms with van der Waals surface area (Å²) in [7, 11) is -8.77. The van der Waals surface area contributed by atoms with Crippen LogP contribution in [0.1, 0.15) is 22.8 Å². The number of pyridine rings is 4. The lowest BCUT2D eigenvalue weighted by atomic mass is 10.2. The molecule has 0 saturated carbocycles. The molecule has 2 aliphatic heterocycles. The summed E-state index contributed by atoms with van der Waals surface area (Å²) in [6.07, 6.45) is 0. The molecule has 24 nitrogen and oxygen atoms in total. The van der Waals surface area contributed by atoms with Gasteiger partial charge in [0.2, 0.25) is 5.56 Å². The normalized spacial score (nSPS) is 18.6. The molecule has 4 N–H and O–H groups in total. The quantitative estimate of drug-likeness (QED) is 0.143. The predicted octanol–water partition coefficient (Wildman–Crippen LogP) is 3.52. The van der Waals surface area contributed by atoms with Crippen molar-refractivity contribution in [3.8, 4) is 5.75 Å². The Morgan fingerprint density at radius 3 is 1.21 bits per heavy atom. The van der Waals surface area contributed by atoms with Crippen LogP contribution in [-0.4, -0.2) is 229 Å². The molecule has 2 aliphatic rings. The first-order chi connectivity index (χ1) is 39.8. The van der Waals surface area contributed by atoms with Crippen molar-refractivity contribution in [1.82, 2.24) is 39.5 Å². The van der Waals surface area contributed by atoms with E-state index in [2.05, 4.69) is 39.5 Å². The van der Waals surface area contributed by atoms with Gasteiger partial charge in [0, 0.05) is 101 Å². The van der Waals surface area contributed by atoms with Crippen LogP contribution < -0.4 is 5.56 Å². The Labute approximate surface area is 478 Å². The van der Waals surface area contributed by atoms with E-state index in [1.165, 1.54) is 18.2 Å². The van der Waals surface area contributed by atoms with Gasteiger partial charge < -0.3 is 48.0 Å². The molecule has 0 spiro atoms. The van der Waals surface area contributed by atoms with E-state index < -0.39 is 20.2 Å². The summed E-state index contributed by atoms with van der Waals surface area (Å²) in [4.78, 5) is 36.1. The van der Waals surface area contributed by atoms with E-state index in [1.54, 1.807) is 48.5 Å². The van der Waals surface area contributed by atoms with Gasteiger partial charge in [0.05, 0.1) is 128 Å². The summed E-state index contributed by atoms with van der Waals surface area (Å²) in [5.74, 6) is 0.168. The predicted molar refractivity (Wildman–Crippen MR) is 304 cm³/mol. The largest absolute Gasteiger partial charge is 0.506 e. The zero-order valence-corrected chi connectivity index (χ0v) is 47.8. The van der Waals surface area contributed by atoms with Crippen molar-refractivity contribution in [2.24, 2.45) is 0 Å². The molecule has 2 aromatic carbocycles. The molecule has 448 valence electrons. The number of phenols is 1. The minimum Gasteiger partial charge on any atom is -0.506 e. The van der Waals surface area contributed by atoms with Crippen LogP contribution in [0.2, 0.25) is 0 Å². The molecule has 8 rings (SSSR count). The van der Waals surface area contributed by atoms with Gasteiger partial charge in [-0.05, 0) is 42.5 Å². The second-order valence-corrected chi connectivity index (χ2v) is 22.0. The van der Waals surface area contributed by atoms with Gasteiger partial charge in [-0.2, -0.15) is 16.8 Å². The Balaban J connectivity index is 0.000000236. The highest BCUT2D eigenvalue weighted by Crippen LogP contribution is 2.24. The third-order valence-electron chi connectivity index (χ3n) is 13.1. The van der Waals surface area contributed by atoms with Crippen LogP contribution in [0.25, 0.3) is 21.8 Å². The SMILES string of the molecule is O=S(=O)(O)c1cccc(CN2CCOCCOCCN(Cc3ccc4cccc(O)c4n3)CCOCCOCC2)n1.O=c1cccc(CN2CCOCCOCCN(Cc3ccc4cccc(S(=O)(=O)O)c4n3)CCOCCOCC2)[nH]1. The van der Waals surface area contributed by atoms with E-state index in [-0.39, 0.29) is 26.7 Å². The number of hydrogen-bond donors (Lipinski definition) is 4. The van der Waals surface area contributed by atoms with Crippen LogP contribution in [0.5, 0.6) is 5.75 Å². The second-order valence-electron chi connectivity index (χ2n) is 19.2. The molecule has 0 radical (unpaired) electrons. The monoisotopic (exact) mass is 1180 g/mol. The molecular weight excluding hydrogens is 1100 g/mol. The summed E-state index contributed by atoms with van der Waals surface area (Å²) >= 11 is 0. The molecule has 0 amide bonds. The fourth-order valence-corrected chi connectivity index (χ4v) is 9.98. The Kier molecular flexibility index (Phi) is 26.8. The first kappa shape index (κ1) is 64.1. The van der Waals surface area contributed by atoms with Gasteiger partial charge in [0.1, 0.15) is 16.2 Å². The number of nitrogens with zero attached hydrogens (tertiary/aromatic N) is 7. The van der Waals surface area contributed by atoms with Crippen molar-refractivity contribution in [2.75, 3.05) is 158 Å². The van der Waals surface area contributed by atoms with Crippen molar-refractivity contribution >= 4 is 42.0 Å². The highest BCUT2D eigenvalue weighted by atomic mass is 32.2. The topological polar surface area (TPSA) is 287 Å². The smallest absolute Gasteiger partial charge is 0.312 e. The van der Waals surface area contributed by atoms with E-state index >= 15 is 0 Å². The van der Waals surface area contributed by atoms with Crippen molar-refractivity contribution in [3.63, 3.8) is 0 Å². The molecular formula is C56H76N8O16S2. The van der Waals surface area contributed by atoms with Crippen LogP contribution in [0.15, 0.2) is 112 Å². The fraction of sp³-hybridized carbons (Fsp3) is 0.500. The third-order valence-corrected chi connectivity index (χ3v) is 14.7. The lowest BCUT2D eigenvalue weighted by Gasteiger charge is -2.23. The molecule has 6 aromatic rings. The average molecular weight is 1180 g/mol. The second kappa shape index (κ2) is 34.3. The van der Waals surface area contributed by atoms with E-state index in [0.717, 1.165) is 16.8 Å². The summed E-state index contributed by atoms with van der Waals surface area (Å²) in [6, 6.07) is 27.3. The number of H-pyrrole nitrogens is 1. The van der Waals surface area contributed by atoms with Gasteiger partial charge in [-0.1, -0.05) is 48.5 Å². The Morgan fingerprint density at radius 1 is 0.402 bits per heavy atom. The van der Waals surface area contributed by atoms with Gasteiger partial charge in [-0.15, -0.1) is 0 Å². The van der Waals surface area contributed by atoms with Crippen molar-refractivity contribution in [2.45, 2.75) is 36.1 Å². The van der Waals surface area contributed by atoms with Gasteiger partial charge >= 0.3 is 10.1 Å². The van der Waals surface area contributed by atoms with Crippen LogP contribution in [0.4, 0.5) is 0 Å². The summed E-state index contributed by atoms with van der Waals surface area (Å²) < 4.78 is 112. The molecule has 0 unspecified atom stereocenters. The molecule has 0 bridgehead atoms. The first-order valence-corrected chi connectivity index (χ1v) is 30.2. The highest BCUT2D eigenvalue weighted by Gasteiger charge is 2.18. The Bertz CT molecular complexity index is 3120. The van der Waals surface area contributed by atoms with E-state index in [1.807, 2.05) is 30.3 Å². The summed E-state index contributed by atoms with van der Waals surface area (Å²) in [5, 5.41) is 11.3. The minimum atomic E-state index is -4.40. The van der Waals surface area contributed by atoms with Gasteiger partial charge in [-0.25, -0.2) is 15.0 Å². The molecule has 0 atom stereocenters. The van der Waals surface area contributed by atoms with Crippen molar-refractivity contribution in [3.05, 3.63) is 130 Å². The molecule has 2 fully saturated rings. The van der Waals surface area contributed by atoms with Gasteiger partial charge in [-0.3, -0.25) is 33.5 Å². The first-order valence-electron chi connectivity index (χ1n) is 27.3. The van der Waals surface area contributed by atoms with Crippen LogP contribution in [-0.2, 0) is 84.3 Å². The molecule has 26 heteroatoms. The average Bonchev–Trinajstić information content (AvgIpc) is 3.48. The van der Waals surface area contributed by atoms with Crippen molar-refractivity contribution in [1.29, 1.82) is 0 Å². The van der Waals surface area contributed by atoms with E-state index in [4.69, 9.17) is 37.9 Å². The molecule has 4 aromatic heterocycles. The van der Waals surface area contributed by atoms with E-state index in [9.17, 15) is 35.8 Å². The lowest BCUT2D eigenvalue weighted by Crippen LogP contribution is -2.33. The van der Waals surface area contributed by atoms with E-state index in [0.29, 0.717) is 207 Å². The third kappa shape index (κ3) is 22.9. The standard InChI is InChI=1S/2C28H38N4O8S/c33-27-6-2-4-24(29-27)21-31-9-13-37-17-19-39-15-11-32(12-16-40-20-18-38-14-10-31)22-25-8-7-23-3-1-5-26(28(23)30-25)41(34,35)36;33-26-5-1-3-23-7-8-25(30-28(23)26)22-32-11-15-39-19-17-37-13-9-31(10-14-38-18-20-40-16-12-32)21-24-4-2-6-27(29-24)41(34,35)36/h1-8H,9-22H2,(H,29,33)(H,34,35,36);1-8,33H,9-22H2,(H,34,35,36). The summed E-state index contributed by atoms with van der Waals surface area (Å²) in [5.41, 5.74) is 3.61. The summed E-state index contributed by atoms with van der Waals surface area (Å²) in [6.45, 7) is 14.7. The minimum absolute atomic E-state index is 0.121. The number of hydrogen-bond acceptors (Lipinski definition) is 21. The number of rotatable bonds is 10. The Hall–Kier alpha value is -5.50.